The molecule has 13 heavy (non-hydrogen) atoms. The molecule has 0 aromatic heterocycles. The first-order chi connectivity index (χ1) is 6.02. The summed E-state index contributed by atoms with van der Waals surface area (Å²) in [5.41, 5.74) is 0. The van der Waals surface area contributed by atoms with E-state index < -0.39 is 30.3 Å². The smallest absolute Gasteiger partial charge is 0.377 e. The molecule has 0 fully saturated rings. The van der Waals surface area contributed by atoms with E-state index in [1.807, 2.05) is 0 Å². The minimum atomic E-state index is -2.19. The van der Waals surface area contributed by atoms with Crippen molar-refractivity contribution in [3.63, 3.8) is 0 Å². The van der Waals surface area contributed by atoms with Crippen LogP contribution in [-0.2, 0) is 23.9 Å². The molecule has 0 heterocycles. The lowest BCUT2D eigenvalue weighted by Gasteiger charge is -2.03. The number of halogens is 1. The van der Waals surface area contributed by atoms with Crippen LogP contribution in [0.2, 0.25) is 0 Å². The Bertz CT molecular complexity index is 225. The van der Waals surface area contributed by atoms with Crippen molar-refractivity contribution in [3.05, 3.63) is 0 Å². The summed E-state index contributed by atoms with van der Waals surface area (Å²) >= 11 is 0. The van der Waals surface area contributed by atoms with Crippen LogP contribution >= 0.6 is 0 Å². The first-order valence-corrected chi connectivity index (χ1v) is 3.36. The van der Waals surface area contributed by atoms with E-state index >= 15 is 0 Å². The van der Waals surface area contributed by atoms with Crippen molar-refractivity contribution < 1.29 is 28.2 Å². The predicted molar refractivity (Wildman–Crippen MR) is 38.6 cm³/mol. The van der Waals surface area contributed by atoms with Gasteiger partial charge in [0.15, 0.2) is 6.17 Å². The second-order valence-corrected chi connectivity index (χ2v) is 2.10. The molecule has 0 N–H and O–H groups in total. The molecule has 0 aliphatic rings. The monoisotopic (exact) mass is 192 g/mol. The molecule has 0 rings (SSSR count). The number of carbonyl (C=O) groups is 3. The van der Waals surface area contributed by atoms with Gasteiger partial charge in [-0.2, -0.15) is 0 Å². The van der Waals surface area contributed by atoms with Gasteiger partial charge in [0.2, 0.25) is 0 Å². The van der Waals surface area contributed by atoms with Crippen LogP contribution in [0.3, 0.4) is 0 Å². The van der Waals surface area contributed by atoms with Crippen molar-refractivity contribution in [2.45, 2.75) is 12.6 Å². The highest BCUT2D eigenvalue weighted by Gasteiger charge is 2.28. The largest absolute Gasteiger partial charge is 0.469 e. The highest BCUT2D eigenvalue weighted by molar-refractivity contribution is 6.35. The van der Waals surface area contributed by atoms with Gasteiger partial charge in [-0.25, -0.2) is 9.18 Å². The van der Waals surface area contributed by atoms with Crippen LogP contribution in [0, 0.1) is 0 Å². The van der Waals surface area contributed by atoms with Gasteiger partial charge in [0, 0.05) is 0 Å². The number of carbonyl (C=O) groups excluding carboxylic acids is 3. The van der Waals surface area contributed by atoms with Gasteiger partial charge in [0.1, 0.15) is 0 Å². The molecule has 74 valence electrons. The van der Waals surface area contributed by atoms with Crippen LogP contribution in [0.25, 0.3) is 0 Å². The van der Waals surface area contributed by atoms with Crippen LogP contribution in [0.1, 0.15) is 6.42 Å². The Morgan fingerprint density at radius 1 is 1.23 bits per heavy atom. The van der Waals surface area contributed by atoms with Crippen molar-refractivity contribution in [2.24, 2.45) is 0 Å². The molecule has 0 amide bonds. The maximum absolute atomic E-state index is 12.7. The number of ketones is 1. The molecule has 0 aromatic rings. The number of esters is 2. The molecule has 6 heteroatoms. The van der Waals surface area contributed by atoms with Crippen molar-refractivity contribution in [1.29, 1.82) is 0 Å². The number of hydrogen-bond acceptors (Lipinski definition) is 5. The van der Waals surface area contributed by atoms with E-state index in [0.717, 1.165) is 14.2 Å². The van der Waals surface area contributed by atoms with E-state index in [0.29, 0.717) is 0 Å². The quantitative estimate of drug-likeness (QED) is 0.449. The fourth-order valence-electron chi connectivity index (χ4n) is 0.551. The Labute approximate surface area is 73.8 Å². The van der Waals surface area contributed by atoms with Crippen LogP contribution in [-0.4, -0.2) is 38.1 Å². The number of rotatable bonds is 4. The topological polar surface area (TPSA) is 69.7 Å². The first kappa shape index (κ1) is 11.5. The Balaban J connectivity index is 4.11. The summed E-state index contributed by atoms with van der Waals surface area (Å²) in [6, 6.07) is 0. The Morgan fingerprint density at radius 3 is 2.15 bits per heavy atom. The van der Waals surface area contributed by atoms with E-state index in [-0.39, 0.29) is 0 Å². The summed E-state index contributed by atoms with van der Waals surface area (Å²) < 4.78 is 20.8. The number of methoxy groups -OCH3 is 2. The lowest BCUT2D eigenvalue weighted by Crippen LogP contribution is -2.28. The number of Topliss-reactive ketones (excluding diaryl/α,β-unsaturated/α-hetero) is 1. The lowest BCUT2D eigenvalue weighted by molar-refractivity contribution is -0.155. The average Bonchev–Trinajstić information content (AvgIpc) is 2.14. The molecular formula is C7H9FO5. The van der Waals surface area contributed by atoms with Gasteiger partial charge >= 0.3 is 11.9 Å². The Kier molecular flexibility index (Phi) is 4.64. The SMILES string of the molecule is COC(=O)CC(F)C(=O)C(=O)OC. The zero-order valence-corrected chi connectivity index (χ0v) is 7.20. The summed E-state index contributed by atoms with van der Waals surface area (Å²) in [4.78, 5) is 31.6. The lowest BCUT2D eigenvalue weighted by atomic mass is 10.2. The van der Waals surface area contributed by atoms with E-state index in [2.05, 4.69) is 9.47 Å². The third-order valence-electron chi connectivity index (χ3n) is 1.24. The van der Waals surface area contributed by atoms with Crippen molar-refractivity contribution in [1.82, 2.24) is 0 Å². The summed E-state index contributed by atoms with van der Waals surface area (Å²) in [6.07, 6.45) is -2.97. The molecule has 0 saturated carbocycles. The van der Waals surface area contributed by atoms with E-state index in [9.17, 15) is 18.8 Å². The van der Waals surface area contributed by atoms with Crippen LogP contribution in [0.5, 0.6) is 0 Å². The van der Waals surface area contributed by atoms with Gasteiger partial charge in [-0.15, -0.1) is 0 Å². The normalized spacial score (nSPS) is 11.6. The minimum Gasteiger partial charge on any atom is -0.469 e. The molecule has 0 saturated heterocycles. The number of hydrogen-bond donors (Lipinski definition) is 0. The average molecular weight is 192 g/mol. The van der Waals surface area contributed by atoms with Crippen LogP contribution in [0.15, 0.2) is 0 Å². The van der Waals surface area contributed by atoms with Crippen molar-refractivity contribution in [2.75, 3.05) is 14.2 Å². The molecule has 1 atom stereocenters. The first-order valence-electron chi connectivity index (χ1n) is 3.36. The summed E-state index contributed by atoms with van der Waals surface area (Å²) in [5, 5.41) is 0. The van der Waals surface area contributed by atoms with Gasteiger partial charge in [-0.3, -0.25) is 9.59 Å². The molecule has 0 radical (unpaired) electrons. The molecule has 0 aliphatic heterocycles. The summed E-state index contributed by atoms with van der Waals surface area (Å²) in [7, 11) is 2.00. The molecule has 0 spiro atoms. The molecule has 0 aromatic carbocycles. The Morgan fingerprint density at radius 2 is 1.77 bits per heavy atom. The van der Waals surface area contributed by atoms with Gasteiger partial charge in [-0.05, 0) is 0 Å². The highest BCUT2D eigenvalue weighted by Crippen LogP contribution is 2.02. The highest BCUT2D eigenvalue weighted by atomic mass is 19.1. The maximum Gasteiger partial charge on any atom is 0.377 e. The molecule has 0 aliphatic carbocycles. The number of ether oxygens (including phenoxy) is 2. The fraction of sp³-hybridized carbons (Fsp3) is 0.571. The molecule has 0 bridgehead atoms. The Hall–Kier alpha value is -1.46. The van der Waals surface area contributed by atoms with Crippen LogP contribution < -0.4 is 0 Å². The maximum atomic E-state index is 12.7. The van der Waals surface area contributed by atoms with Crippen LogP contribution in [0.4, 0.5) is 4.39 Å². The van der Waals surface area contributed by atoms with Gasteiger partial charge in [0.25, 0.3) is 5.78 Å². The third-order valence-corrected chi connectivity index (χ3v) is 1.24. The third kappa shape index (κ3) is 3.64. The zero-order valence-electron chi connectivity index (χ0n) is 7.20. The fourth-order valence-corrected chi connectivity index (χ4v) is 0.551. The second-order valence-electron chi connectivity index (χ2n) is 2.10. The van der Waals surface area contributed by atoms with Gasteiger partial charge in [0.05, 0.1) is 20.6 Å². The molecule has 5 nitrogen and oxygen atoms in total. The van der Waals surface area contributed by atoms with E-state index in [4.69, 9.17) is 0 Å². The summed E-state index contributed by atoms with van der Waals surface area (Å²) in [5.74, 6) is -3.59. The van der Waals surface area contributed by atoms with Gasteiger partial charge < -0.3 is 9.47 Å². The van der Waals surface area contributed by atoms with Crippen molar-refractivity contribution in [3.8, 4) is 0 Å². The predicted octanol–water partition coefficient (Wildman–Crippen LogP) is -0.370. The van der Waals surface area contributed by atoms with Crippen molar-refractivity contribution >= 4 is 17.7 Å². The molecule has 1 unspecified atom stereocenters. The standard InChI is InChI=1S/C7H9FO5/c1-12-5(9)3-4(8)6(10)7(11)13-2/h4H,3H2,1-2H3. The van der Waals surface area contributed by atoms with E-state index in [1.54, 1.807) is 0 Å². The van der Waals surface area contributed by atoms with Gasteiger partial charge in [-0.1, -0.05) is 0 Å². The minimum absolute atomic E-state index is 0.773. The number of alkyl halides is 1. The summed E-state index contributed by atoms with van der Waals surface area (Å²) in [6.45, 7) is 0. The zero-order chi connectivity index (χ0) is 10.4. The second kappa shape index (κ2) is 5.23. The molecular weight excluding hydrogens is 183 g/mol. The van der Waals surface area contributed by atoms with E-state index in [1.165, 1.54) is 0 Å².